The molecule has 20 heavy (non-hydrogen) atoms. The average Bonchev–Trinajstić information content (AvgIpc) is 2.44. The summed E-state index contributed by atoms with van der Waals surface area (Å²) in [6, 6.07) is 7.42. The van der Waals surface area contributed by atoms with E-state index in [1.165, 1.54) is 6.33 Å². The van der Waals surface area contributed by atoms with Crippen molar-refractivity contribution in [2.45, 2.75) is 19.8 Å². The van der Waals surface area contributed by atoms with Crippen LogP contribution in [0.15, 0.2) is 29.0 Å². The van der Waals surface area contributed by atoms with Crippen LogP contribution in [0.5, 0.6) is 0 Å². The number of nitrogens with zero attached hydrogens (tertiary/aromatic N) is 3. The number of nitriles is 1. The fourth-order valence-electron chi connectivity index (χ4n) is 1.78. The Balaban J connectivity index is 2.35. The van der Waals surface area contributed by atoms with Crippen LogP contribution in [0.4, 0.5) is 11.5 Å². The van der Waals surface area contributed by atoms with Crippen molar-refractivity contribution in [2.75, 3.05) is 5.32 Å². The van der Waals surface area contributed by atoms with Gasteiger partial charge in [0.05, 0.1) is 17.3 Å². The van der Waals surface area contributed by atoms with Gasteiger partial charge in [0, 0.05) is 10.0 Å². The second-order valence-corrected chi connectivity index (χ2v) is 5.39. The molecule has 0 saturated carbocycles. The molecule has 0 aliphatic heterocycles. The Labute approximate surface area is 131 Å². The van der Waals surface area contributed by atoms with Gasteiger partial charge in [-0.05, 0) is 40.5 Å². The lowest BCUT2D eigenvalue weighted by molar-refractivity contribution is 0.904. The largest absolute Gasteiger partial charge is 0.339 e. The lowest BCUT2D eigenvalue weighted by Crippen LogP contribution is -2.02. The van der Waals surface area contributed by atoms with Gasteiger partial charge in [0.2, 0.25) is 0 Å². The molecule has 1 N–H and O–H groups in total. The summed E-state index contributed by atoms with van der Waals surface area (Å²) in [6.45, 7) is 2.07. The SMILES string of the molecule is CCCc1c(Cl)ncnc1Nc1ccc(C#N)cc1Br. The number of hydrogen-bond donors (Lipinski definition) is 1. The molecule has 0 radical (unpaired) electrons. The van der Waals surface area contributed by atoms with E-state index in [0.29, 0.717) is 16.5 Å². The molecule has 0 saturated heterocycles. The van der Waals surface area contributed by atoms with Crippen LogP contribution in [0.1, 0.15) is 24.5 Å². The van der Waals surface area contributed by atoms with Crippen LogP contribution >= 0.6 is 27.5 Å². The van der Waals surface area contributed by atoms with Crippen molar-refractivity contribution in [3.05, 3.63) is 45.3 Å². The molecule has 0 fully saturated rings. The van der Waals surface area contributed by atoms with Crippen molar-refractivity contribution in [3.63, 3.8) is 0 Å². The van der Waals surface area contributed by atoms with Crippen LogP contribution in [-0.2, 0) is 6.42 Å². The van der Waals surface area contributed by atoms with E-state index < -0.39 is 0 Å². The predicted molar refractivity (Wildman–Crippen MR) is 83.2 cm³/mol. The average molecular weight is 352 g/mol. The molecule has 6 heteroatoms. The lowest BCUT2D eigenvalue weighted by atomic mass is 10.1. The number of rotatable bonds is 4. The Kier molecular flexibility index (Phi) is 4.94. The molecule has 2 rings (SSSR count). The topological polar surface area (TPSA) is 61.6 Å². The molecule has 0 atom stereocenters. The van der Waals surface area contributed by atoms with Gasteiger partial charge in [0.25, 0.3) is 0 Å². The second-order valence-electron chi connectivity index (χ2n) is 4.17. The molecule has 0 bridgehead atoms. The van der Waals surface area contributed by atoms with Gasteiger partial charge < -0.3 is 5.32 Å². The van der Waals surface area contributed by atoms with Crippen molar-refractivity contribution < 1.29 is 0 Å². The summed E-state index contributed by atoms with van der Waals surface area (Å²) < 4.78 is 0.800. The second kappa shape index (κ2) is 6.69. The fraction of sp³-hybridized carbons (Fsp3) is 0.214. The molecule has 102 valence electrons. The monoisotopic (exact) mass is 350 g/mol. The van der Waals surface area contributed by atoms with Crippen LogP contribution in [0.3, 0.4) is 0 Å². The zero-order valence-electron chi connectivity index (χ0n) is 10.8. The van der Waals surface area contributed by atoms with Crippen LogP contribution in [0.25, 0.3) is 0 Å². The van der Waals surface area contributed by atoms with E-state index >= 15 is 0 Å². The maximum Gasteiger partial charge on any atom is 0.138 e. The molecular formula is C14H12BrClN4. The van der Waals surface area contributed by atoms with Gasteiger partial charge in [-0.25, -0.2) is 9.97 Å². The molecule has 1 heterocycles. The molecule has 1 aromatic carbocycles. The zero-order chi connectivity index (χ0) is 14.5. The highest BCUT2D eigenvalue weighted by Crippen LogP contribution is 2.29. The third-order valence-corrected chi connectivity index (χ3v) is 3.73. The quantitative estimate of drug-likeness (QED) is 0.826. The smallest absolute Gasteiger partial charge is 0.138 e. The first-order chi connectivity index (χ1) is 9.65. The Bertz CT molecular complexity index is 667. The summed E-state index contributed by atoms with van der Waals surface area (Å²) in [5.74, 6) is 0.692. The van der Waals surface area contributed by atoms with Crippen molar-refractivity contribution in [1.29, 1.82) is 5.26 Å². The summed E-state index contributed by atoms with van der Waals surface area (Å²) in [5.41, 5.74) is 2.32. The summed E-state index contributed by atoms with van der Waals surface area (Å²) >= 11 is 9.55. The van der Waals surface area contributed by atoms with Crippen molar-refractivity contribution >= 4 is 39.0 Å². The summed E-state index contributed by atoms with van der Waals surface area (Å²) in [4.78, 5) is 8.25. The first-order valence-corrected chi connectivity index (χ1v) is 7.28. The van der Waals surface area contributed by atoms with Crippen molar-refractivity contribution in [1.82, 2.24) is 9.97 Å². The van der Waals surface area contributed by atoms with E-state index in [1.54, 1.807) is 12.1 Å². The number of anilines is 2. The van der Waals surface area contributed by atoms with E-state index in [1.807, 2.05) is 6.07 Å². The highest BCUT2D eigenvalue weighted by Gasteiger charge is 2.10. The Morgan fingerprint density at radius 3 is 2.85 bits per heavy atom. The molecule has 0 aliphatic rings. The maximum atomic E-state index is 8.86. The molecule has 4 nitrogen and oxygen atoms in total. The van der Waals surface area contributed by atoms with Crippen LogP contribution in [0, 0.1) is 11.3 Å². The minimum atomic E-state index is 0.467. The minimum absolute atomic E-state index is 0.467. The number of halogens is 2. The van der Waals surface area contributed by atoms with E-state index in [0.717, 1.165) is 28.6 Å². The van der Waals surface area contributed by atoms with Crippen molar-refractivity contribution in [3.8, 4) is 6.07 Å². The van der Waals surface area contributed by atoms with Gasteiger partial charge in [-0.2, -0.15) is 5.26 Å². The fourth-order valence-corrected chi connectivity index (χ4v) is 2.49. The standard InChI is InChI=1S/C14H12BrClN4/c1-2-3-10-13(16)18-8-19-14(10)20-12-5-4-9(7-17)6-11(12)15/h4-6,8H,2-3H2,1H3,(H,18,19,20). The molecule has 0 amide bonds. The molecule has 1 aromatic heterocycles. The predicted octanol–water partition coefficient (Wildman–Crippen LogP) is 4.46. The van der Waals surface area contributed by atoms with Crippen LogP contribution < -0.4 is 5.32 Å². The summed E-state index contributed by atoms with van der Waals surface area (Å²) in [6.07, 6.45) is 3.19. The Morgan fingerprint density at radius 1 is 1.40 bits per heavy atom. The van der Waals surface area contributed by atoms with Crippen LogP contribution in [0.2, 0.25) is 5.15 Å². The number of hydrogen-bond acceptors (Lipinski definition) is 4. The summed E-state index contributed by atoms with van der Waals surface area (Å²) in [5, 5.41) is 12.6. The Morgan fingerprint density at radius 2 is 2.20 bits per heavy atom. The number of nitrogens with one attached hydrogen (secondary N) is 1. The lowest BCUT2D eigenvalue weighted by Gasteiger charge is -2.12. The molecular weight excluding hydrogens is 340 g/mol. The maximum absolute atomic E-state index is 8.86. The molecule has 2 aromatic rings. The number of benzene rings is 1. The van der Waals surface area contributed by atoms with Gasteiger partial charge in [0.1, 0.15) is 17.3 Å². The zero-order valence-corrected chi connectivity index (χ0v) is 13.2. The Hall–Kier alpha value is -1.64. The van der Waals surface area contributed by atoms with Gasteiger partial charge >= 0.3 is 0 Å². The van der Waals surface area contributed by atoms with E-state index in [2.05, 4.69) is 44.2 Å². The first-order valence-electron chi connectivity index (χ1n) is 6.11. The highest BCUT2D eigenvalue weighted by molar-refractivity contribution is 9.10. The molecule has 0 unspecified atom stereocenters. The third-order valence-electron chi connectivity index (χ3n) is 2.74. The highest BCUT2D eigenvalue weighted by atomic mass is 79.9. The van der Waals surface area contributed by atoms with E-state index in [4.69, 9.17) is 16.9 Å². The molecule has 0 spiro atoms. The third kappa shape index (κ3) is 3.27. The van der Waals surface area contributed by atoms with Gasteiger partial charge in [-0.1, -0.05) is 24.9 Å². The van der Waals surface area contributed by atoms with Crippen molar-refractivity contribution in [2.24, 2.45) is 0 Å². The molecule has 0 aliphatic carbocycles. The van der Waals surface area contributed by atoms with Gasteiger partial charge in [-0.15, -0.1) is 0 Å². The van der Waals surface area contributed by atoms with E-state index in [9.17, 15) is 0 Å². The minimum Gasteiger partial charge on any atom is -0.339 e. The normalized spacial score (nSPS) is 10.1. The first kappa shape index (κ1) is 14.8. The summed E-state index contributed by atoms with van der Waals surface area (Å²) in [7, 11) is 0. The van der Waals surface area contributed by atoms with Gasteiger partial charge in [0.15, 0.2) is 0 Å². The number of aromatic nitrogens is 2. The van der Waals surface area contributed by atoms with E-state index in [-0.39, 0.29) is 0 Å². The van der Waals surface area contributed by atoms with Crippen LogP contribution in [-0.4, -0.2) is 9.97 Å². The van der Waals surface area contributed by atoms with Gasteiger partial charge in [-0.3, -0.25) is 0 Å².